The van der Waals surface area contributed by atoms with Crippen molar-refractivity contribution in [3.63, 3.8) is 0 Å². The van der Waals surface area contributed by atoms with Crippen LogP contribution >= 0.6 is 0 Å². The van der Waals surface area contributed by atoms with Crippen LogP contribution < -0.4 is 4.74 Å². The lowest BCUT2D eigenvalue weighted by atomic mass is 10.3. The van der Waals surface area contributed by atoms with Crippen molar-refractivity contribution in [2.75, 3.05) is 0 Å². The summed E-state index contributed by atoms with van der Waals surface area (Å²) in [6, 6.07) is 4.84. The zero-order valence-electron chi connectivity index (χ0n) is 8.78. The summed E-state index contributed by atoms with van der Waals surface area (Å²) in [5.74, 6) is -0.449. The van der Waals surface area contributed by atoms with Gasteiger partial charge in [0.2, 0.25) is 0 Å². The minimum Gasteiger partial charge on any atom is -0.483 e. The average molecular weight is 231 g/mol. The first-order chi connectivity index (χ1) is 8.27. The van der Waals surface area contributed by atoms with Crippen molar-refractivity contribution in [1.82, 2.24) is 15.0 Å². The number of ether oxygens (including phenoxy) is 1. The molecule has 0 aliphatic heterocycles. The standard InChI is InChI=1S/C11H9N3O3/c15-11(16)10-8(3-1-4-14-10)17-7-9-12-5-2-6-13-9/h1-6H,7H2,(H,15,16). The Morgan fingerprint density at radius 3 is 2.59 bits per heavy atom. The molecule has 0 radical (unpaired) electrons. The van der Waals surface area contributed by atoms with Gasteiger partial charge in [-0.1, -0.05) is 0 Å². The molecule has 0 aromatic carbocycles. The quantitative estimate of drug-likeness (QED) is 0.849. The number of aromatic nitrogens is 3. The Morgan fingerprint density at radius 2 is 1.88 bits per heavy atom. The van der Waals surface area contributed by atoms with Crippen molar-refractivity contribution in [3.8, 4) is 5.75 Å². The van der Waals surface area contributed by atoms with Gasteiger partial charge in [-0.25, -0.2) is 19.7 Å². The summed E-state index contributed by atoms with van der Waals surface area (Å²) >= 11 is 0. The van der Waals surface area contributed by atoms with E-state index in [4.69, 9.17) is 9.84 Å². The van der Waals surface area contributed by atoms with Gasteiger partial charge in [0, 0.05) is 18.6 Å². The third kappa shape index (κ3) is 2.75. The Hall–Kier alpha value is -2.50. The molecule has 0 aliphatic rings. The molecule has 6 nitrogen and oxygen atoms in total. The highest BCUT2D eigenvalue weighted by Gasteiger charge is 2.12. The zero-order chi connectivity index (χ0) is 12.1. The van der Waals surface area contributed by atoms with Gasteiger partial charge in [-0.3, -0.25) is 0 Å². The van der Waals surface area contributed by atoms with Crippen molar-refractivity contribution >= 4 is 5.97 Å². The van der Waals surface area contributed by atoms with Crippen molar-refractivity contribution in [2.45, 2.75) is 6.61 Å². The van der Waals surface area contributed by atoms with Crippen LogP contribution in [0.4, 0.5) is 0 Å². The fraction of sp³-hybridized carbons (Fsp3) is 0.0909. The molecule has 6 heteroatoms. The Morgan fingerprint density at radius 1 is 1.18 bits per heavy atom. The monoisotopic (exact) mass is 231 g/mol. The average Bonchev–Trinajstić information content (AvgIpc) is 2.38. The summed E-state index contributed by atoms with van der Waals surface area (Å²) < 4.78 is 5.32. The number of rotatable bonds is 4. The zero-order valence-corrected chi connectivity index (χ0v) is 8.78. The van der Waals surface area contributed by atoms with Crippen LogP contribution in [-0.2, 0) is 6.61 Å². The Bertz CT molecular complexity index is 516. The van der Waals surface area contributed by atoms with E-state index in [0.717, 1.165) is 0 Å². The lowest BCUT2D eigenvalue weighted by Crippen LogP contribution is -2.07. The molecule has 2 heterocycles. The molecule has 2 rings (SSSR count). The van der Waals surface area contributed by atoms with Gasteiger partial charge in [-0.15, -0.1) is 0 Å². The molecule has 2 aromatic rings. The molecule has 0 saturated heterocycles. The van der Waals surface area contributed by atoms with Crippen LogP contribution in [0, 0.1) is 0 Å². The van der Waals surface area contributed by atoms with Gasteiger partial charge in [0.1, 0.15) is 6.61 Å². The van der Waals surface area contributed by atoms with E-state index < -0.39 is 5.97 Å². The van der Waals surface area contributed by atoms with Gasteiger partial charge in [0.25, 0.3) is 0 Å². The molecular weight excluding hydrogens is 222 g/mol. The van der Waals surface area contributed by atoms with Gasteiger partial charge in [-0.2, -0.15) is 0 Å². The smallest absolute Gasteiger partial charge is 0.358 e. The molecule has 0 aliphatic carbocycles. The summed E-state index contributed by atoms with van der Waals surface area (Å²) in [6.45, 7) is 0.104. The first-order valence-corrected chi connectivity index (χ1v) is 4.84. The first kappa shape index (κ1) is 11.0. The number of carbonyl (C=O) groups is 1. The fourth-order valence-electron chi connectivity index (χ4n) is 1.21. The van der Waals surface area contributed by atoms with Crippen molar-refractivity contribution < 1.29 is 14.6 Å². The molecule has 0 saturated carbocycles. The number of pyridine rings is 1. The molecule has 2 aromatic heterocycles. The molecule has 0 spiro atoms. The Labute approximate surface area is 96.9 Å². The lowest BCUT2D eigenvalue weighted by molar-refractivity contribution is 0.0684. The number of hydrogen-bond donors (Lipinski definition) is 1. The summed E-state index contributed by atoms with van der Waals surface area (Å²) in [5.41, 5.74) is -0.122. The van der Waals surface area contributed by atoms with E-state index >= 15 is 0 Å². The minimum absolute atomic E-state index is 0.104. The topological polar surface area (TPSA) is 85.2 Å². The van der Waals surface area contributed by atoms with Crippen LogP contribution in [0.15, 0.2) is 36.8 Å². The third-order valence-electron chi connectivity index (χ3n) is 1.95. The SMILES string of the molecule is O=C(O)c1ncccc1OCc1ncccn1. The highest BCUT2D eigenvalue weighted by molar-refractivity contribution is 5.88. The molecule has 0 unspecified atom stereocenters. The summed E-state index contributed by atoms with van der Waals surface area (Å²) in [6.07, 6.45) is 4.58. The molecule has 0 fully saturated rings. The minimum atomic E-state index is -1.13. The first-order valence-electron chi connectivity index (χ1n) is 4.84. The van der Waals surface area contributed by atoms with Crippen LogP contribution in [0.25, 0.3) is 0 Å². The van der Waals surface area contributed by atoms with E-state index in [9.17, 15) is 4.79 Å². The normalized spacial score (nSPS) is 9.88. The van der Waals surface area contributed by atoms with Gasteiger partial charge in [-0.05, 0) is 18.2 Å². The van der Waals surface area contributed by atoms with E-state index in [1.807, 2.05) is 0 Å². The van der Waals surface area contributed by atoms with Crippen molar-refractivity contribution in [1.29, 1.82) is 0 Å². The predicted molar refractivity (Wildman–Crippen MR) is 57.6 cm³/mol. The van der Waals surface area contributed by atoms with Gasteiger partial charge in [0.15, 0.2) is 17.3 Å². The highest BCUT2D eigenvalue weighted by atomic mass is 16.5. The second-order valence-corrected chi connectivity index (χ2v) is 3.11. The number of hydrogen-bond acceptors (Lipinski definition) is 5. The van der Waals surface area contributed by atoms with E-state index in [1.165, 1.54) is 6.20 Å². The van der Waals surface area contributed by atoms with E-state index in [-0.39, 0.29) is 18.1 Å². The molecule has 0 bridgehead atoms. The molecule has 17 heavy (non-hydrogen) atoms. The third-order valence-corrected chi connectivity index (χ3v) is 1.95. The molecule has 0 amide bonds. The number of carboxylic acid groups (broad SMARTS) is 1. The van der Waals surface area contributed by atoms with Crippen LogP contribution in [0.3, 0.4) is 0 Å². The maximum Gasteiger partial charge on any atom is 0.358 e. The second kappa shape index (κ2) is 5.02. The predicted octanol–water partition coefficient (Wildman–Crippen LogP) is 1.15. The van der Waals surface area contributed by atoms with Crippen LogP contribution in [-0.4, -0.2) is 26.0 Å². The fourth-order valence-corrected chi connectivity index (χ4v) is 1.21. The van der Waals surface area contributed by atoms with Crippen LogP contribution in [0.2, 0.25) is 0 Å². The van der Waals surface area contributed by atoms with E-state index in [0.29, 0.717) is 5.82 Å². The maximum absolute atomic E-state index is 10.9. The van der Waals surface area contributed by atoms with Crippen LogP contribution in [0.1, 0.15) is 16.3 Å². The number of nitrogens with zero attached hydrogens (tertiary/aromatic N) is 3. The van der Waals surface area contributed by atoms with Gasteiger partial charge >= 0.3 is 5.97 Å². The van der Waals surface area contributed by atoms with E-state index in [2.05, 4.69) is 15.0 Å². The molecule has 1 N–H and O–H groups in total. The Kier molecular flexibility index (Phi) is 3.25. The Balaban J connectivity index is 2.12. The van der Waals surface area contributed by atoms with E-state index in [1.54, 1.807) is 30.6 Å². The summed E-state index contributed by atoms with van der Waals surface area (Å²) in [5, 5.41) is 8.89. The largest absolute Gasteiger partial charge is 0.483 e. The maximum atomic E-state index is 10.9. The van der Waals surface area contributed by atoms with Crippen molar-refractivity contribution in [2.24, 2.45) is 0 Å². The number of aromatic carboxylic acids is 1. The lowest BCUT2D eigenvalue weighted by Gasteiger charge is -2.06. The number of carboxylic acids is 1. The summed E-state index contributed by atoms with van der Waals surface area (Å²) in [4.78, 5) is 22.5. The molecular formula is C11H9N3O3. The van der Waals surface area contributed by atoms with Gasteiger partial charge < -0.3 is 9.84 Å². The highest BCUT2D eigenvalue weighted by Crippen LogP contribution is 2.15. The van der Waals surface area contributed by atoms with Crippen molar-refractivity contribution in [3.05, 3.63) is 48.3 Å². The summed E-state index contributed by atoms with van der Waals surface area (Å²) in [7, 11) is 0. The molecule has 0 atom stereocenters. The molecule has 86 valence electrons. The van der Waals surface area contributed by atoms with Crippen LogP contribution in [0.5, 0.6) is 5.75 Å². The van der Waals surface area contributed by atoms with Gasteiger partial charge in [0.05, 0.1) is 0 Å². The second-order valence-electron chi connectivity index (χ2n) is 3.11.